The number of hydrogen-bond donors (Lipinski definition) is 1. The molecule has 1 aromatic rings. The summed E-state index contributed by atoms with van der Waals surface area (Å²) in [5.74, 6) is 2.42. The fourth-order valence-corrected chi connectivity index (χ4v) is 2.21. The standard InChI is InChI=1S/C10H17N3S/c1-7(2)4-5-14-10-8(3)9(11)12-6-13-10/h6-7H,4-5H2,1-3H3,(H2,11,12,13). The summed E-state index contributed by atoms with van der Waals surface area (Å²) < 4.78 is 0. The number of rotatable bonds is 4. The lowest BCUT2D eigenvalue weighted by atomic mass is 10.2. The molecule has 0 aliphatic rings. The minimum absolute atomic E-state index is 0.590. The van der Waals surface area contributed by atoms with Gasteiger partial charge in [-0.25, -0.2) is 9.97 Å². The highest BCUT2D eigenvalue weighted by atomic mass is 32.2. The van der Waals surface area contributed by atoms with Crippen LogP contribution in [-0.2, 0) is 0 Å². The Morgan fingerprint density at radius 2 is 2.14 bits per heavy atom. The summed E-state index contributed by atoms with van der Waals surface area (Å²) in [7, 11) is 0. The number of anilines is 1. The van der Waals surface area contributed by atoms with Crippen molar-refractivity contribution in [2.75, 3.05) is 11.5 Å². The molecule has 0 saturated carbocycles. The van der Waals surface area contributed by atoms with E-state index in [1.807, 2.05) is 6.92 Å². The number of aromatic nitrogens is 2. The molecule has 0 amide bonds. The average molecular weight is 211 g/mol. The summed E-state index contributed by atoms with van der Waals surface area (Å²) in [4.78, 5) is 8.14. The SMILES string of the molecule is Cc1c(N)ncnc1SCCC(C)C. The number of thioether (sulfide) groups is 1. The Hall–Kier alpha value is -0.770. The van der Waals surface area contributed by atoms with E-state index in [0.717, 1.165) is 22.3 Å². The molecule has 14 heavy (non-hydrogen) atoms. The molecular weight excluding hydrogens is 194 g/mol. The molecular formula is C10H17N3S. The molecule has 0 aliphatic heterocycles. The van der Waals surface area contributed by atoms with Crippen molar-refractivity contribution in [1.29, 1.82) is 0 Å². The first kappa shape index (κ1) is 11.3. The maximum absolute atomic E-state index is 5.69. The van der Waals surface area contributed by atoms with E-state index >= 15 is 0 Å². The van der Waals surface area contributed by atoms with Gasteiger partial charge in [0.15, 0.2) is 0 Å². The van der Waals surface area contributed by atoms with Crippen LogP contribution in [0, 0.1) is 12.8 Å². The van der Waals surface area contributed by atoms with E-state index in [1.165, 1.54) is 12.7 Å². The second kappa shape index (κ2) is 5.20. The minimum Gasteiger partial charge on any atom is -0.383 e. The Balaban J connectivity index is 2.54. The summed E-state index contributed by atoms with van der Waals surface area (Å²) in [5.41, 5.74) is 6.69. The molecule has 1 heterocycles. The molecule has 0 radical (unpaired) electrons. The van der Waals surface area contributed by atoms with Crippen LogP contribution in [0.4, 0.5) is 5.82 Å². The molecule has 0 spiro atoms. The number of nitrogens with two attached hydrogens (primary N) is 1. The molecule has 2 N–H and O–H groups in total. The Labute approximate surface area is 89.5 Å². The van der Waals surface area contributed by atoms with E-state index in [9.17, 15) is 0 Å². The van der Waals surface area contributed by atoms with Gasteiger partial charge >= 0.3 is 0 Å². The molecule has 3 nitrogen and oxygen atoms in total. The monoisotopic (exact) mass is 211 g/mol. The van der Waals surface area contributed by atoms with E-state index in [0.29, 0.717) is 5.82 Å². The highest BCUT2D eigenvalue weighted by Gasteiger charge is 2.04. The van der Waals surface area contributed by atoms with Gasteiger partial charge in [0.05, 0.1) is 0 Å². The normalized spacial score (nSPS) is 10.9. The van der Waals surface area contributed by atoms with Crippen molar-refractivity contribution in [1.82, 2.24) is 9.97 Å². The molecule has 0 unspecified atom stereocenters. The maximum Gasteiger partial charge on any atom is 0.130 e. The molecule has 0 bridgehead atoms. The van der Waals surface area contributed by atoms with Gasteiger partial charge < -0.3 is 5.73 Å². The van der Waals surface area contributed by atoms with Crippen molar-refractivity contribution in [2.24, 2.45) is 5.92 Å². The lowest BCUT2D eigenvalue weighted by molar-refractivity contribution is 0.632. The van der Waals surface area contributed by atoms with Gasteiger partial charge in [0.1, 0.15) is 17.2 Å². The van der Waals surface area contributed by atoms with Gasteiger partial charge in [-0.05, 0) is 25.0 Å². The van der Waals surface area contributed by atoms with Crippen LogP contribution in [-0.4, -0.2) is 15.7 Å². The highest BCUT2D eigenvalue weighted by molar-refractivity contribution is 7.99. The predicted molar refractivity (Wildman–Crippen MR) is 61.4 cm³/mol. The first-order chi connectivity index (χ1) is 6.61. The smallest absolute Gasteiger partial charge is 0.130 e. The van der Waals surface area contributed by atoms with Crippen molar-refractivity contribution >= 4 is 17.6 Å². The Morgan fingerprint density at radius 3 is 2.79 bits per heavy atom. The third-order valence-corrected chi connectivity index (χ3v) is 3.14. The van der Waals surface area contributed by atoms with E-state index in [-0.39, 0.29) is 0 Å². The quantitative estimate of drug-likeness (QED) is 0.614. The molecule has 0 atom stereocenters. The van der Waals surface area contributed by atoms with Crippen LogP contribution in [0.15, 0.2) is 11.4 Å². The third-order valence-electron chi connectivity index (χ3n) is 2.01. The zero-order chi connectivity index (χ0) is 10.6. The first-order valence-corrected chi connectivity index (χ1v) is 5.79. The maximum atomic E-state index is 5.69. The largest absolute Gasteiger partial charge is 0.383 e. The van der Waals surface area contributed by atoms with E-state index in [2.05, 4.69) is 23.8 Å². The molecule has 0 aliphatic carbocycles. The summed E-state index contributed by atoms with van der Waals surface area (Å²) >= 11 is 1.76. The third kappa shape index (κ3) is 3.18. The molecule has 1 aromatic heterocycles. The number of nitrogens with zero attached hydrogens (tertiary/aromatic N) is 2. The van der Waals surface area contributed by atoms with E-state index < -0.39 is 0 Å². The van der Waals surface area contributed by atoms with Crippen molar-refractivity contribution in [3.8, 4) is 0 Å². The van der Waals surface area contributed by atoms with Crippen molar-refractivity contribution in [3.05, 3.63) is 11.9 Å². The Morgan fingerprint density at radius 1 is 1.43 bits per heavy atom. The zero-order valence-corrected chi connectivity index (χ0v) is 9.77. The van der Waals surface area contributed by atoms with E-state index in [1.54, 1.807) is 11.8 Å². The topological polar surface area (TPSA) is 51.8 Å². The zero-order valence-electron chi connectivity index (χ0n) is 8.95. The molecule has 78 valence electrons. The molecule has 0 aromatic carbocycles. The Kier molecular flexibility index (Phi) is 4.20. The number of hydrogen-bond acceptors (Lipinski definition) is 4. The molecule has 4 heteroatoms. The van der Waals surface area contributed by atoms with Crippen LogP contribution < -0.4 is 5.73 Å². The second-order valence-electron chi connectivity index (χ2n) is 3.72. The highest BCUT2D eigenvalue weighted by Crippen LogP contribution is 2.23. The lowest BCUT2D eigenvalue weighted by Gasteiger charge is -2.06. The van der Waals surface area contributed by atoms with Gasteiger partial charge in [-0.15, -0.1) is 11.8 Å². The summed E-state index contributed by atoms with van der Waals surface area (Å²) in [5, 5.41) is 1.01. The molecule has 0 fully saturated rings. The van der Waals surface area contributed by atoms with Gasteiger partial charge in [0.25, 0.3) is 0 Å². The lowest BCUT2D eigenvalue weighted by Crippen LogP contribution is -1.98. The van der Waals surface area contributed by atoms with Crippen LogP contribution >= 0.6 is 11.8 Å². The second-order valence-corrected chi connectivity index (χ2v) is 4.80. The minimum atomic E-state index is 0.590. The molecule has 1 rings (SSSR count). The fourth-order valence-electron chi connectivity index (χ4n) is 0.984. The first-order valence-electron chi connectivity index (χ1n) is 4.81. The summed E-state index contributed by atoms with van der Waals surface area (Å²) in [6.45, 7) is 6.41. The van der Waals surface area contributed by atoms with Gasteiger partial charge in [-0.2, -0.15) is 0 Å². The van der Waals surface area contributed by atoms with Crippen molar-refractivity contribution < 1.29 is 0 Å². The van der Waals surface area contributed by atoms with E-state index in [4.69, 9.17) is 5.73 Å². The summed E-state index contributed by atoms with van der Waals surface area (Å²) in [6, 6.07) is 0. The average Bonchev–Trinajstić information content (AvgIpc) is 2.12. The summed E-state index contributed by atoms with van der Waals surface area (Å²) in [6.07, 6.45) is 2.73. The van der Waals surface area contributed by atoms with Crippen LogP contribution in [0.5, 0.6) is 0 Å². The van der Waals surface area contributed by atoms with Crippen LogP contribution in [0.25, 0.3) is 0 Å². The van der Waals surface area contributed by atoms with Gasteiger partial charge in [0.2, 0.25) is 0 Å². The van der Waals surface area contributed by atoms with Gasteiger partial charge in [-0.3, -0.25) is 0 Å². The molecule has 0 saturated heterocycles. The van der Waals surface area contributed by atoms with Crippen LogP contribution in [0.3, 0.4) is 0 Å². The predicted octanol–water partition coefficient (Wildman–Crippen LogP) is 2.51. The van der Waals surface area contributed by atoms with Gasteiger partial charge in [0, 0.05) is 5.56 Å². The number of nitrogen functional groups attached to an aromatic ring is 1. The Bertz CT molecular complexity index is 299. The van der Waals surface area contributed by atoms with Crippen LogP contribution in [0.2, 0.25) is 0 Å². The van der Waals surface area contributed by atoms with Gasteiger partial charge in [-0.1, -0.05) is 13.8 Å². The van der Waals surface area contributed by atoms with Crippen molar-refractivity contribution in [2.45, 2.75) is 32.2 Å². The fraction of sp³-hybridized carbons (Fsp3) is 0.600. The van der Waals surface area contributed by atoms with Crippen LogP contribution in [0.1, 0.15) is 25.8 Å². The van der Waals surface area contributed by atoms with Crippen molar-refractivity contribution in [3.63, 3.8) is 0 Å².